The second-order valence-corrected chi connectivity index (χ2v) is 6.32. The van der Waals surface area contributed by atoms with Gasteiger partial charge in [0, 0.05) is 23.8 Å². The zero-order valence-corrected chi connectivity index (χ0v) is 15.4. The van der Waals surface area contributed by atoms with E-state index < -0.39 is 0 Å². The molecule has 0 bridgehead atoms. The summed E-state index contributed by atoms with van der Waals surface area (Å²) in [7, 11) is 1.68. The number of hydrogen-bond acceptors (Lipinski definition) is 3. The van der Waals surface area contributed by atoms with Crippen LogP contribution in [0.15, 0.2) is 60.7 Å². The van der Waals surface area contributed by atoms with Gasteiger partial charge in [-0.3, -0.25) is 4.79 Å². The van der Waals surface area contributed by atoms with E-state index in [1.165, 1.54) is 10.9 Å². The van der Waals surface area contributed by atoms with E-state index in [-0.39, 0.29) is 11.9 Å². The summed E-state index contributed by atoms with van der Waals surface area (Å²) in [6.07, 6.45) is 0.477. The van der Waals surface area contributed by atoms with Gasteiger partial charge in [-0.05, 0) is 65.7 Å². The van der Waals surface area contributed by atoms with Gasteiger partial charge < -0.3 is 15.4 Å². The fourth-order valence-electron chi connectivity index (χ4n) is 2.87. The molecule has 0 aliphatic heterocycles. The molecule has 3 aromatic rings. The topological polar surface area (TPSA) is 50.4 Å². The molecule has 134 valence electrons. The van der Waals surface area contributed by atoms with Crippen molar-refractivity contribution in [3.05, 3.63) is 66.2 Å². The van der Waals surface area contributed by atoms with Crippen molar-refractivity contribution < 1.29 is 9.53 Å². The quantitative estimate of drug-likeness (QED) is 0.629. The number of rotatable bonds is 6. The fourth-order valence-corrected chi connectivity index (χ4v) is 2.87. The minimum Gasteiger partial charge on any atom is -0.497 e. The number of methoxy groups -OCH3 is 1. The Labute approximate surface area is 154 Å². The van der Waals surface area contributed by atoms with Gasteiger partial charge in [-0.15, -0.1) is 0 Å². The van der Waals surface area contributed by atoms with Crippen LogP contribution in [-0.2, 0) is 4.79 Å². The van der Waals surface area contributed by atoms with E-state index in [1.54, 1.807) is 7.11 Å². The minimum atomic E-state index is 0.0203. The van der Waals surface area contributed by atoms with Gasteiger partial charge in [0.25, 0.3) is 0 Å². The van der Waals surface area contributed by atoms with Gasteiger partial charge >= 0.3 is 0 Å². The number of carbonyl (C=O) groups is 1. The van der Waals surface area contributed by atoms with Crippen molar-refractivity contribution in [1.82, 2.24) is 0 Å². The standard InChI is InChI=1S/C22H24N2O2/c1-4-22(25)24-20-10-8-19(9-11-20)23-15(2)16-5-6-18-14-21(26-3)12-7-17(18)13-16/h5-15,23H,4H2,1-3H3,(H,24,25). The van der Waals surface area contributed by atoms with Crippen molar-refractivity contribution in [3.63, 3.8) is 0 Å². The van der Waals surface area contributed by atoms with Gasteiger partial charge in [0.2, 0.25) is 5.91 Å². The Morgan fingerprint density at radius 1 is 0.962 bits per heavy atom. The Hall–Kier alpha value is -3.01. The summed E-state index contributed by atoms with van der Waals surface area (Å²) in [5.41, 5.74) is 3.04. The number of nitrogens with one attached hydrogen (secondary N) is 2. The molecule has 0 saturated carbocycles. The molecule has 4 nitrogen and oxygen atoms in total. The van der Waals surface area contributed by atoms with Gasteiger partial charge in [-0.25, -0.2) is 0 Å². The molecule has 0 aromatic heterocycles. The van der Waals surface area contributed by atoms with Gasteiger partial charge in [0.1, 0.15) is 5.75 Å². The number of benzene rings is 3. The van der Waals surface area contributed by atoms with Crippen LogP contribution in [-0.4, -0.2) is 13.0 Å². The van der Waals surface area contributed by atoms with E-state index in [0.29, 0.717) is 6.42 Å². The third kappa shape index (κ3) is 4.14. The summed E-state index contributed by atoms with van der Waals surface area (Å²) >= 11 is 0. The molecule has 0 aliphatic carbocycles. The normalized spacial score (nSPS) is 11.8. The average Bonchev–Trinajstić information content (AvgIpc) is 2.68. The van der Waals surface area contributed by atoms with Crippen molar-refractivity contribution in [2.45, 2.75) is 26.3 Å². The average molecular weight is 348 g/mol. The lowest BCUT2D eigenvalue weighted by Gasteiger charge is -2.17. The number of ether oxygens (including phenoxy) is 1. The van der Waals surface area contributed by atoms with Crippen molar-refractivity contribution in [3.8, 4) is 5.75 Å². The maximum absolute atomic E-state index is 11.4. The fraction of sp³-hybridized carbons (Fsp3) is 0.227. The maximum atomic E-state index is 11.4. The Kier molecular flexibility index (Phi) is 5.42. The zero-order chi connectivity index (χ0) is 18.5. The van der Waals surface area contributed by atoms with Crippen LogP contribution in [0.4, 0.5) is 11.4 Å². The molecule has 0 radical (unpaired) electrons. The monoisotopic (exact) mass is 348 g/mol. The van der Waals surface area contributed by atoms with Gasteiger partial charge in [0.15, 0.2) is 0 Å². The Balaban J connectivity index is 1.72. The molecular formula is C22H24N2O2. The first-order valence-electron chi connectivity index (χ1n) is 8.83. The second kappa shape index (κ2) is 7.91. The molecule has 4 heteroatoms. The van der Waals surface area contributed by atoms with Crippen molar-refractivity contribution in [2.24, 2.45) is 0 Å². The van der Waals surface area contributed by atoms with Crippen molar-refractivity contribution in [2.75, 3.05) is 17.7 Å². The summed E-state index contributed by atoms with van der Waals surface area (Å²) in [5.74, 6) is 0.888. The summed E-state index contributed by atoms with van der Waals surface area (Å²) in [6, 6.07) is 20.5. The molecule has 1 unspecified atom stereocenters. The van der Waals surface area contributed by atoms with Crippen molar-refractivity contribution in [1.29, 1.82) is 0 Å². The summed E-state index contributed by atoms with van der Waals surface area (Å²) in [6.45, 7) is 3.98. The van der Waals surface area contributed by atoms with Gasteiger partial charge in [0.05, 0.1) is 7.11 Å². The van der Waals surface area contributed by atoms with Crippen LogP contribution >= 0.6 is 0 Å². The summed E-state index contributed by atoms with van der Waals surface area (Å²) in [5, 5.41) is 8.71. The van der Waals surface area contributed by atoms with Crippen LogP contribution in [0.25, 0.3) is 10.8 Å². The molecule has 0 saturated heterocycles. The number of amides is 1. The summed E-state index contributed by atoms with van der Waals surface area (Å²) < 4.78 is 5.28. The van der Waals surface area contributed by atoms with Crippen molar-refractivity contribution >= 4 is 28.1 Å². The molecule has 2 N–H and O–H groups in total. The first-order valence-corrected chi connectivity index (χ1v) is 8.83. The van der Waals surface area contributed by atoms with E-state index in [0.717, 1.165) is 22.5 Å². The molecule has 1 atom stereocenters. The van der Waals surface area contributed by atoms with E-state index in [2.05, 4.69) is 41.8 Å². The molecule has 1 amide bonds. The highest BCUT2D eigenvalue weighted by Crippen LogP contribution is 2.26. The molecule has 0 fully saturated rings. The lowest BCUT2D eigenvalue weighted by Crippen LogP contribution is -2.10. The van der Waals surface area contributed by atoms with Gasteiger partial charge in [-0.2, -0.15) is 0 Å². The predicted octanol–water partition coefficient (Wildman–Crippen LogP) is 5.37. The lowest BCUT2D eigenvalue weighted by atomic mass is 10.0. The number of anilines is 2. The summed E-state index contributed by atoms with van der Waals surface area (Å²) in [4.78, 5) is 11.4. The largest absolute Gasteiger partial charge is 0.497 e. The minimum absolute atomic E-state index is 0.0203. The highest BCUT2D eigenvalue weighted by atomic mass is 16.5. The van der Waals surface area contributed by atoms with Gasteiger partial charge in [-0.1, -0.05) is 25.1 Å². The second-order valence-electron chi connectivity index (χ2n) is 6.32. The third-order valence-corrected chi connectivity index (χ3v) is 4.44. The Bertz CT molecular complexity index is 904. The van der Waals surface area contributed by atoms with Crippen LogP contribution in [0.1, 0.15) is 31.9 Å². The molecule has 0 aliphatic rings. The highest BCUT2D eigenvalue weighted by Gasteiger charge is 2.07. The van der Waals surface area contributed by atoms with Crippen LogP contribution in [0.2, 0.25) is 0 Å². The molecule has 3 aromatic carbocycles. The van der Waals surface area contributed by atoms with Crippen LogP contribution in [0.3, 0.4) is 0 Å². The lowest BCUT2D eigenvalue weighted by molar-refractivity contribution is -0.115. The Morgan fingerprint density at radius 2 is 1.62 bits per heavy atom. The Morgan fingerprint density at radius 3 is 2.31 bits per heavy atom. The molecule has 3 rings (SSSR count). The molecule has 26 heavy (non-hydrogen) atoms. The molecule has 0 heterocycles. The van der Waals surface area contributed by atoms with E-state index >= 15 is 0 Å². The zero-order valence-electron chi connectivity index (χ0n) is 15.4. The number of hydrogen-bond donors (Lipinski definition) is 2. The first kappa shape index (κ1) is 17.8. The van der Waals surface area contributed by atoms with E-state index in [1.807, 2.05) is 43.3 Å². The van der Waals surface area contributed by atoms with Crippen LogP contribution in [0, 0.1) is 0 Å². The first-order chi connectivity index (χ1) is 12.6. The smallest absolute Gasteiger partial charge is 0.224 e. The third-order valence-electron chi connectivity index (χ3n) is 4.44. The van der Waals surface area contributed by atoms with E-state index in [4.69, 9.17) is 4.74 Å². The SMILES string of the molecule is CCC(=O)Nc1ccc(NC(C)c2ccc3cc(OC)ccc3c2)cc1. The number of carbonyl (C=O) groups excluding carboxylic acids is 1. The number of fused-ring (bicyclic) bond motifs is 1. The predicted molar refractivity (Wildman–Crippen MR) is 108 cm³/mol. The van der Waals surface area contributed by atoms with E-state index in [9.17, 15) is 4.79 Å². The maximum Gasteiger partial charge on any atom is 0.224 e. The molecule has 0 spiro atoms. The van der Waals surface area contributed by atoms with Crippen LogP contribution < -0.4 is 15.4 Å². The highest BCUT2D eigenvalue weighted by molar-refractivity contribution is 5.90. The van der Waals surface area contributed by atoms with Crippen LogP contribution in [0.5, 0.6) is 5.75 Å². The molecular weight excluding hydrogens is 324 g/mol.